The fourth-order valence-electron chi connectivity index (χ4n) is 1.60. The number of hydrogen-bond donors (Lipinski definition) is 2. The van der Waals surface area contributed by atoms with E-state index in [0.717, 1.165) is 4.31 Å². The van der Waals surface area contributed by atoms with Crippen LogP contribution in [-0.2, 0) is 10.0 Å². The van der Waals surface area contributed by atoms with Crippen LogP contribution < -0.4 is 15.6 Å². The number of hydrogen-bond acceptors (Lipinski definition) is 5. The van der Waals surface area contributed by atoms with E-state index in [-0.39, 0.29) is 10.7 Å². The van der Waals surface area contributed by atoms with Crippen LogP contribution >= 0.6 is 0 Å². The fourth-order valence-corrected chi connectivity index (χ4v) is 2.81. The van der Waals surface area contributed by atoms with Gasteiger partial charge in [-0.3, -0.25) is 4.31 Å². The SMILES string of the molecule is CN(c1ccc(F)cc1)S(=O)(=O)c1ccnc(NN)c1. The number of nitrogens with zero attached hydrogens (tertiary/aromatic N) is 2. The Morgan fingerprint density at radius 1 is 1.25 bits per heavy atom. The summed E-state index contributed by atoms with van der Waals surface area (Å²) in [5.41, 5.74) is 2.63. The molecule has 3 N–H and O–H groups in total. The third-order valence-corrected chi connectivity index (χ3v) is 4.51. The number of halogens is 1. The highest BCUT2D eigenvalue weighted by atomic mass is 32.2. The van der Waals surface area contributed by atoms with Crippen molar-refractivity contribution >= 4 is 21.5 Å². The lowest BCUT2D eigenvalue weighted by Gasteiger charge is -2.19. The third kappa shape index (κ3) is 2.70. The van der Waals surface area contributed by atoms with Crippen molar-refractivity contribution in [1.29, 1.82) is 0 Å². The second kappa shape index (κ2) is 5.43. The van der Waals surface area contributed by atoms with E-state index in [1.807, 2.05) is 0 Å². The molecule has 2 aromatic rings. The summed E-state index contributed by atoms with van der Waals surface area (Å²) >= 11 is 0. The average molecular weight is 296 g/mol. The van der Waals surface area contributed by atoms with Gasteiger partial charge in [-0.05, 0) is 30.3 Å². The van der Waals surface area contributed by atoms with Crippen LogP contribution in [0.5, 0.6) is 0 Å². The van der Waals surface area contributed by atoms with Crippen LogP contribution in [0.15, 0.2) is 47.5 Å². The molecule has 0 aliphatic heterocycles. The van der Waals surface area contributed by atoms with Crippen molar-refractivity contribution in [3.05, 3.63) is 48.4 Å². The highest BCUT2D eigenvalue weighted by molar-refractivity contribution is 7.92. The van der Waals surface area contributed by atoms with Gasteiger partial charge in [-0.2, -0.15) is 0 Å². The van der Waals surface area contributed by atoms with Crippen LogP contribution in [-0.4, -0.2) is 20.4 Å². The van der Waals surface area contributed by atoms with Crippen molar-refractivity contribution in [2.75, 3.05) is 16.8 Å². The summed E-state index contributed by atoms with van der Waals surface area (Å²) in [6, 6.07) is 7.83. The number of aromatic nitrogens is 1. The molecule has 0 saturated heterocycles. The molecular weight excluding hydrogens is 283 g/mol. The minimum absolute atomic E-state index is 0.0345. The molecule has 2 rings (SSSR count). The Morgan fingerprint density at radius 2 is 1.90 bits per heavy atom. The summed E-state index contributed by atoms with van der Waals surface area (Å²) in [4.78, 5) is 3.88. The molecule has 0 unspecified atom stereocenters. The first-order chi connectivity index (χ1) is 9.45. The van der Waals surface area contributed by atoms with Gasteiger partial charge < -0.3 is 5.43 Å². The molecule has 0 bridgehead atoms. The summed E-state index contributed by atoms with van der Waals surface area (Å²) in [6.45, 7) is 0. The zero-order valence-electron chi connectivity index (χ0n) is 10.6. The Hall–Kier alpha value is -2.19. The monoisotopic (exact) mass is 296 g/mol. The number of sulfonamides is 1. The van der Waals surface area contributed by atoms with Crippen molar-refractivity contribution in [2.45, 2.75) is 4.90 Å². The normalized spacial score (nSPS) is 11.2. The largest absolute Gasteiger partial charge is 0.308 e. The van der Waals surface area contributed by atoms with E-state index in [9.17, 15) is 12.8 Å². The molecule has 0 aliphatic carbocycles. The highest BCUT2D eigenvalue weighted by Gasteiger charge is 2.21. The summed E-state index contributed by atoms with van der Waals surface area (Å²) in [7, 11) is -2.37. The van der Waals surface area contributed by atoms with E-state index >= 15 is 0 Å². The number of hydrazine groups is 1. The Bertz CT molecular complexity index is 704. The molecule has 0 amide bonds. The molecule has 20 heavy (non-hydrogen) atoms. The maximum absolute atomic E-state index is 12.9. The number of nitrogens with two attached hydrogens (primary N) is 1. The zero-order valence-corrected chi connectivity index (χ0v) is 11.4. The fraction of sp³-hybridized carbons (Fsp3) is 0.0833. The second-order valence-electron chi connectivity index (χ2n) is 3.97. The first-order valence-electron chi connectivity index (χ1n) is 5.62. The second-order valence-corrected chi connectivity index (χ2v) is 5.94. The van der Waals surface area contributed by atoms with Crippen LogP contribution in [0.1, 0.15) is 0 Å². The number of nitrogen functional groups attached to an aromatic ring is 1. The molecule has 6 nitrogen and oxygen atoms in total. The van der Waals surface area contributed by atoms with Gasteiger partial charge in [0.15, 0.2) is 0 Å². The van der Waals surface area contributed by atoms with Crippen molar-refractivity contribution < 1.29 is 12.8 Å². The summed E-state index contributed by atoms with van der Waals surface area (Å²) in [5.74, 6) is 5.01. The standard InChI is InChI=1S/C12H13FN4O2S/c1-17(10-4-2-9(13)3-5-10)20(18,19)11-6-7-15-12(8-11)16-14/h2-8H,14H2,1H3,(H,15,16). The van der Waals surface area contributed by atoms with E-state index in [4.69, 9.17) is 5.84 Å². The van der Waals surface area contributed by atoms with Gasteiger partial charge in [-0.15, -0.1) is 0 Å². The van der Waals surface area contributed by atoms with E-state index in [0.29, 0.717) is 5.69 Å². The first kappa shape index (κ1) is 14.2. The van der Waals surface area contributed by atoms with Gasteiger partial charge in [0.1, 0.15) is 11.6 Å². The number of benzene rings is 1. The molecule has 1 heterocycles. The van der Waals surface area contributed by atoms with Crippen LogP contribution in [0.4, 0.5) is 15.9 Å². The van der Waals surface area contributed by atoms with Crippen molar-refractivity contribution in [1.82, 2.24) is 4.98 Å². The number of pyridine rings is 1. The summed E-state index contributed by atoms with van der Waals surface area (Å²) in [5, 5.41) is 0. The molecule has 0 fully saturated rings. The van der Waals surface area contributed by atoms with Crippen molar-refractivity contribution in [3.63, 3.8) is 0 Å². The molecule has 0 saturated carbocycles. The minimum Gasteiger partial charge on any atom is -0.308 e. The molecule has 8 heteroatoms. The van der Waals surface area contributed by atoms with Gasteiger partial charge >= 0.3 is 0 Å². The molecule has 0 atom stereocenters. The molecule has 106 valence electrons. The van der Waals surface area contributed by atoms with Gasteiger partial charge in [-0.1, -0.05) is 0 Å². The maximum Gasteiger partial charge on any atom is 0.264 e. The maximum atomic E-state index is 12.9. The van der Waals surface area contributed by atoms with E-state index in [1.54, 1.807) is 0 Å². The number of anilines is 2. The quantitative estimate of drug-likeness (QED) is 0.656. The van der Waals surface area contributed by atoms with Crippen LogP contribution in [0.25, 0.3) is 0 Å². The van der Waals surface area contributed by atoms with Gasteiger partial charge in [-0.25, -0.2) is 23.6 Å². The zero-order chi connectivity index (χ0) is 14.8. The number of rotatable bonds is 4. The molecule has 1 aromatic heterocycles. The molecular formula is C12H13FN4O2S. The van der Waals surface area contributed by atoms with Crippen molar-refractivity contribution in [3.8, 4) is 0 Å². The van der Waals surface area contributed by atoms with Crippen molar-refractivity contribution in [2.24, 2.45) is 5.84 Å². The number of nitrogens with one attached hydrogen (secondary N) is 1. The Labute approximate surface area is 116 Å². The summed E-state index contributed by atoms with van der Waals surface area (Å²) in [6.07, 6.45) is 1.33. The minimum atomic E-state index is -3.76. The van der Waals surface area contributed by atoms with Gasteiger partial charge in [0.2, 0.25) is 0 Å². The van der Waals surface area contributed by atoms with Crippen LogP contribution in [0.3, 0.4) is 0 Å². The Morgan fingerprint density at radius 3 is 2.50 bits per heavy atom. The van der Waals surface area contributed by atoms with Gasteiger partial charge in [0, 0.05) is 19.3 Å². The smallest absolute Gasteiger partial charge is 0.264 e. The Balaban J connectivity index is 2.40. The Kier molecular flexibility index (Phi) is 3.86. The van der Waals surface area contributed by atoms with Crippen LogP contribution in [0.2, 0.25) is 0 Å². The third-order valence-electron chi connectivity index (χ3n) is 2.73. The molecule has 1 aromatic carbocycles. The predicted molar refractivity (Wildman–Crippen MR) is 74.0 cm³/mol. The predicted octanol–water partition coefficient (Wildman–Crippen LogP) is 1.33. The molecule has 0 aliphatic rings. The highest BCUT2D eigenvalue weighted by Crippen LogP contribution is 2.22. The van der Waals surface area contributed by atoms with E-state index < -0.39 is 15.8 Å². The van der Waals surface area contributed by atoms with E-state index in [2.05, 4.69) is 10.4 Å². The lowest BCUT2D eigenvalue weighted by Crippen LogP contribution is -2.26. The summed E-state index contributed by atoms with van der Waals surface area (Å²) < 4.78 is 38.8. The van der Waals surface area contributed by atoms with Gasteiger partial charge in [0.05, 0.1) is 10.6 Å². The lowest BCUT2D eigenvalue weighted by atomic mass is 10.3. The average Bonchev–Trinajstić information content (AvgIpc) is 2.47. The van der Waals surface area contributed by atoms with E-state index in [1.165, 1.54) is 49.6 Å². The molecule has 0 radical (unpaired) electrons. The van der Waals surface area contributed by atoms with Gasteiger partial charge in [0.25, 0.3) is 10.0 Å². The van der Waals surface area contributed by atoms with Crippen LogP contribution in [0, 0.1) is 5.82 Å². The molecule has 0 spiro atoms. The first-order valence-corrected chi connectivity index (χ1v) is 7.06. The lowest BCUT2D eigenvalue weighted by molar-refractivity contribution is 0.594. The topological polar surface area (TPSA) is 88.3 Å².